The smallest absolute Gasteiger partial charge is 0.306 e. The Hall–Kier alpha value is -2.23. The van der Waals surface area contributed by atoms with Crippen molar-refractivity contribution in [2.45, 2.75) is 283 Å². The fraction of sp³-hybridized carbons (Fsp3) is 0.879. The van der Waals surface area contributed by atoms with E-state index in [9.17, 15) is 19.5 Å². The monoisotopic (exact) mass is 948 g/mol. The van der Waals surface area contributed by atoms with Crippen molar-refractivity contribution >= 4 is 17.9 Å². The predicted octanol–water partition coefficient (Wildman–Crippen LogP) is 15.0. The molecule has 2 atom stereocenters. The first-order valence-corrected chi connectivity index (χ1v) is 28.5. The minimum atomic E-state index is -1.62. The van der Waals surface area contributed by atoms with Crippen LogP contribution in [0, 0.1) is 0 Å². The Morgan fingerprint density at radius 3 is 1.10 bits per heavy atom. The van der Waals surface area contributed by atoms with E-state index in [4.69, 9.17) is 18.9 Å². The van der Waals surface area contributed by atoms with Gasteiger partial charge in [0.15, 0.2) is 12.4 Å². The first kappa shape index (κ1) is 64.8. The van der Waals surface area contributed by atoms with Crippen molar-refractivity contribution in [3.63, 3.8) is 0 Å². The molecule has 394 valence electrons. The van der Waals surface area contributed by atoms with Crippen molar-refractivity contribution < 1.29 is 42.9 Å². The third-order valence-electron chi connectivity index (χ3n) is 12.7. The van der Waals surface area contributed by atoms with Gasteiger partial charge in [0.1, 0.15) is 13.2 Å². The summed E-state index contributed by atoms with van der Waals surface area (Å²) in [5, 5.41) is 11.8. The molecule has 0 aliphatic carbocycles. The Bertz CT molecular complexity index is 1150. The van der Waals surface area contributed by atoms with Crippen molar-refractivity contribution in [3.8, 4) is 0 Å². The summed E-state index contributed by atoms with van der Waals surface area (Å²) in [6.07, 6.45) is 55.1. The average Bonchev–Trinajstić information content (AvgIpc) is 3.29. The second kappa shape index (κ2) is 50.2. The van der Waals surface area contributed by atoms with E-state index >= 15 is 0 Å². The number of carboxylic acid groups (broad SMARTS) is 1. The number of likely N-dealkylation sites (N-methyl/N-ethyl adjacent to an activating group) is 1. The fourth-order valence-electron chi connectivity index (χ4n) is 8.23. The molecule has 0 aliphatic rings. The van der Waals surface area contributed by atoms with Crippen LogP contribution in [0.5, 0.6) is 0 Å². The van der Waals surface area contributed by atoms with Crippen molar-refractivity contribution in [1.82, 2.24) is 0 Å². The number of esters is 2. The predicted molar refractivity (Wildman–Crippen MR) is 279 cm³/mol. The maximum absolute atomic E-state index is 12.8. The van der Waals surface area contributed by atoms with E-state index in [-0.39, 0.29) is 32.2 Å². The van der Waals surface area contributed by atoms with Crippen molar-refractivity contribution in [3.05, 3.63) is 24.3 Å². The molecule has 0 heterocycles. The number of hydrogen-bond acceptors (Lipinski definition) is 8. The zero-order valence-electron chi connectivity index (χ0n) is 44.8. The number of hydrogen-bond donors (Lipinski definition) is 0. The molecule has 0 aromatic rings. The van der Waals surface area contributed by atoms with E-state index in [0.717, 1.165) is 32.1 Å². The second-order valence-electron chi connectivity index (χ2n) is 20.6. The summed E-state index contributed by atoms with van der Waals surface area (Å²) in [7, 11) is 5.93. The summed E-state index contributed by atoms with van der Waals surface area (Å²) < 4.78 is 22.7. The normalized spacial score (nSPS) is 12.9. The molecule has 9 nitrogen and oxygen atoms in total. The standard InChI is InChI=1S/C58H109NO8/c1-6-8-10-12-14-16-18-20-22-24-25-26-27-28-29-30-31-33-35-37-39-41-43-45-47-49-56(61)67-54(53-66-58(57(62)63)64-51-50-59(3,4)5)52-65-55(60)48-46-44-42-40-38-36-34-32-23-21-19-17-15-13-11-9-7-2/h21,23-25,54,58H,6-20,22,26-53H2,1-5H3/b23-21-,25-24-. The van der Waals surface area contributed by atoms with Crippen LogP contribution in [0.1, 0.15) is 271 Å². The highest BCUT2D eigenvalue weighted by atomic mass is 16.7. The molecule has 67 heavy (non-hydrogen) atoms. The number of carboxylic acids is 1. The van der Waals surface area contributed by atoms with Gasteiger partial charge in [0.2, 0.25) is 0 Å². The van der Waals surface area contributed by atoms with Crippen LogP contribution in [0.15, 0.2) is 24.3 Å². The van der Waals surface area contributed by atoms with Crippen LogP contribution in [-0.2, 0) is 33.3 Å². The molecule has 0 N–H and O–H groups in total. The first-order chi connectivity index (χ1) is 32.6. The number of quaternary nitrogens is 1. The Morgan fingerprint density at radius 1 is 0.433 bits per heavy atom. The number of ether oxygens (including phenoxy) is 4. The number of aliphatic carboxylic acids is 1. The number of carbonyl (C=O) groups is 3. The lowest BCUT2D eigenvalue weighted by Crippen LogP contribution is -2.44. The van der Waals surface area contributed by atoms with Crippen LogP contribution < -0.4 is 5.11 Å². The molecule has 0 radical (unpaired) electrons. The molecule has 0 aliphatic heterocycles. The molecule has 0 saturated carbocycles. The molecule has 0 bridgehead atoms. The van der Waals surface area contributed by atoms with E-state index < -0.39 is 24.3 Å². The molecule has 0 aromatic heterocycles. The molecule has 9 heteroatoms. The van der Waals surface area contributed by atoms with Crippen LogP contribution in [0.3, 0.4) is 0 Å². The van der Waals surface area contributed by atoms with Crippen LogP contribution in [0.25, 0.3) is 0 Å². The van der Waals surface area contributed by atoms with Crippen LogP contribution in [0.4, 0.5) is 0 Å². The van der Waals surface area contributed by atoms with E-state index in [1.165, 1.54) is 205 Å². The zero-order chi connectivity index (χ0) is 49.2. The van der Waals surface area contributed by atoms with E-state index in [1.807, 2.05) is 21.1 Å². The molecule has 0 saturated heterocycles. The lowest BCUT2D eigenvalue weighted by atomic mass is 10.0. The van der Waals surface area contributed by atoms with Gasteiger partial charge in [-0.05, 0) is 64.2 Å². The summed E-state index contributed by atoms with van der Waals surface area (Å²) in [6.45, 7) is 4.77. The van der Waals surface area contributed by atoms with Gasteiger partial charge in [-0.15, -0.1) is 0 Å². The topological polar surface area (TPSA) is 111 Å². The van der Waals surface area contributed by atoms with Crippen molar-refractivity contribution in [1.29, 1.82) is 0 Å². The largest absolute Gasteiger partial charge is 0.545 e. The SMILES string of the molecule is CCCCCCCC/C=C\CCCCCCCCCC(=O)OCC(COC(OCC[N+](C)(C)C)C(=O)[O-])OC(=O)CCCCCCCCCCCCCCC/C=C\CCCCCCCCCC. The maximum atomic E-state index is 12.8. The molecule has 0 amide bonds. The molecule has 0 aromatic carbocycles. The van der Waals surface area contributed by atoms with Crippen molar-refractivity contribution in [2.75, 3.05) is 47.5 Å². The Kier molecular flexibility index (Phi) is 48.5. The second-order valence-corrected chi connectivity index (χ2v) is 20.6. The Morgan fingerprint density at radius 2 is 0.761 bits per heavy atom. The molecular weight excluding hydrogens is 839 g/mol. The number of rotatable bonds is 53. The van der Waals surface area contributed by atoms with Gasteiger partial charge in [0.05, 0.1) is 40.3 Å². The van der Waals surface area contributed by atoms with E-state index in [1.54, 1.807) is 0 Å². The maximum Gasteiger partial charge on any atom is 0.306 e. The highest BCUT2D eigenvalue weighted by Crippen LogP contribution is 2.16. The summed E-state index contributed by atoms with van der Waals surface area (Å²) in [5.74, 6) is -2.27. The molecular formula is C58H109NO8. The van der Waals surface area contributed by atoms with Crippen molar-refractivity contribution in [2.24, 2.45) is 0 Å². The zero-order valence-corrected chi connectivity index (χ0v) is 44.8. The Labute approximate surface area is 414 Å². The third kappa shape index (κ3) is 51.4. The first-order valence-electron chi connectivity index (χ1n) is 28.5. The summed E-state index contributed by atoms with van der Waals surface area (Å²) >= 11 is 0. The van der Waals surface area contributed by atoms with Crippen LogP contribution >= 0.6 is 0 Å². The molecule has 0 spiro atoms. The average molecular weight is 949 g/mol. The summed E-state index contributed by atoms with van der Waals surface area (Å²) in [6, 6.07) is 0. The number of nitrogens with zero attached hydrogens (tertiary/aromatic N) is 1. The lowest BCUT2D eigenvalue weighted by molar-refractivity contribution is -0.870. The van der Waals surface area contributed by atoms with Gasteiger partial charge in [-0.2, -0.15) is 0 Å². The van der Waals surface area contributed by atoms with Gasteiger partial charge in [-0.1, -0.05) is 218 Å². The number of unbranched alkanes of at least 4 members (excludes halogenated alkanes) is 34. The molecule has 0 rings (SSSR count). The lowest BCUT2D eigenvalue weighted by Gasteiger charge is -2.26. The van der Waals surface area contributed by atoms with Crippen LogP contribution in [0.2, 0.25) is 0 Å². The van der Waals surface area contributed by atoms with E-state index in [2.05, 4.69) is 38.2 Å². The van der Waals surface area contributed by atoms with Crippen LogP contribution in [-0.4, -0.2) is 82.3 Å². The van der Waals surface area contributed by atoms with Gasteiger partial charge in [-0.3, -0.25) is 9.59 Å². The number of allylic oxidation sites excluding steroid dienone is 4. The highest BCUT2D eigenvalue weighted by Gasteiger charge is 2.22. The molecule has 2 unspecified atom stereocenters. The van der Waals surface area contributed by atoms with Gasteiger partial charge < -0.3 is 33.3 Å². The minimum Gasteiger partial charge on any atom is -0.545 e. The molecule has 0 fully saturated rings. The minimum absolute atomic E-state index is 0.149. The summed E-state index contributed by atoms with van der Waals surface area (Å²) in [4.78, 5) is 37.2. The number of carbonyl (C=O) groups excluding carboxylic acids is 3. The fourth-order valence-corrected chi connectivity index (χ4v) is 8.23. The Balaban J connectivity index is 4.22. The quantitative estimate of drug-likeness (QED) is 0.0195. The highest BCUT2D eigenvalue weighted by molar-refractivity contribution is 5.70. The third-order valence-corrected chi connectivity index (χ3v) is 12.7. The van der Waals surface area contributed by atoms with Gasteiger partial charge >= 0.3 is 11.9 Å². The van der Waals surface area contributed by atoms with Gasteiger partial charge in [-0.25, -0.2) is 0 Å². The van der Waals surface area contributed by atoms with E-state index in [0.29, 0.717) is 23.9 Å². The van der Waals surface area contributed by atoms with Gasteiger partial charge in [0, 0.05) is 12.8 Å². The van der Waals surface area contributed by atoms with Gasteiger partial charge in [0.25, 0.3) is 0 Å². The summed E-state index contributed by atoms with van der Waals surface area (Å²) in [5.41, 5.74) is 0.